The van der Waals surface area contributed by atoms with Gasteiger partial charge in [0.05, 0.1) is 20.1 Å². The molecule has 2 heterocycles. The molecule has 0 amide bonds. The van der Waals surface area contributed by atoms with E-state index in [4.69, 9.17) is 30.5 Å². The minimum absolute atomic E-state index is 0.0838. The van der Waals surface area contributed by atoms with Gasteiger partial charge < -0.3 is 20.3 Å². The van der Waals surface area contributed by atoms with Gasteiger partial charge >= 0.3 is 5.69 Å². The summed E-state index contributed by atoms with van der Waals surface area (Å²) in [5.41, 5.74) is 6.28. The topological polar surface area (TPSA) is 169 Å². The number of carbonyl (C=O) groups is 1. The number of nitrogens with zero attached hydrogens (tertiary/aromatic N) is 3. The number of nitrogen functional groups attached to an aromatic ring is 1. The number of pyridine rings is 1. The highest BCUT2D eigenvalue weighted by atomic mass is 19.1. The highest BCUT2D eigenvalue weighted by molar-refractivity contribution is 5.94. The average Bonchev–Trinajstić information content (AvgIpc) is 3.28. The fourth-order valence-electron chi connectivity index (χ4n) is 3.72. The van der Waals surface area contributed by atoms with Gasteiger partial charge in [0.15, 0.2) is 23.1 Å². The number of aliphatic carboxylic acids is 1. The third-order valence-corrected chi connectivity index (χ3v) is 5.49. The molecule has 0 saturated carbocycles. The third-order valence-electron chi connectivity index (χ3n) is 5.49. The minimum atomic E-state index is -0.833. The van der Waals surface area contributed by atoms with Crippen molar-refractivity contribution < 1.29 is 28.2 Å². The monoisotopic (exact) mass is 540 g/mol. The number of aromatic amines is 1. The number of ether oxygens (including phenoxy) is 2. The Labute approximate surface area is 221 Å². The van der Waals surface area contributed by atoms with Crippen molar-refractivity contribution in [3.05, 3.63) is 99.4 Å². The molecule has 1 atom stereocenters. The molecule has 0 radical (unpaired) electrons. The molecular weight excluding hydrogens is 514 g/mol. The minimum Gasteiger partial charge on any atom is -0.493 e. The predicted molar refractivity (Wildman–Crippen MR) is 138 cm³/mol. The zero-order valence-electron chi connectivity index (χ0n) is 21.2. The van der Waals surface area contributed by atoms with E-state index in [1.54, 1.807) is 24.3 Å². The van der Waals surface area contributed by atoms with Crippen molar-refractivity contribution in [1.29, 1.82) is 5.41 Å². The molecule has 0 aliphatic carbocycles. The molecule has 204 valence electrons. The van der Waals surface area contributed by atoms with Crippen LogP contribution in [0.25, 0.3) is 5.82 Å². The maximum absolute atomic E-state index is 15.3. The van der Waals surface area contributed by atoms with Crippen molar-refractivity contribution in [2.75, 3.05) is 14.2 Å². The van der Waals surface area contributed by atoms with Crippen LogP contribution < -0.4 is 20.9 Å². The maximum atomic E-state index is 15.3. The fraction of sp³-hybridized carbons (Fsp3) is 0.192. The highest BCUT2D eigenvalue weighted by Gasteiger charge is 2.26. The number of aromatic nitrogens is 4. The number of hydrogen-bond donors (Lipinski definition) is 4. The first-order chi connectivity index (χ1) is 18.5. The van der Waals surface area contributed by atoms with Crippen molar-refractivity contribution in [3.63, 3.8) is 0 Å². The number of carboxylic acids is 1. The van der Waals surface area contributed by atoms with Crippen LogP contribution in [0.4, 0.5) is 8.78 Å². The first-order valence-electron chi connectivity index (χ1n) is 11.4. The van der Waals surface area contributed by atoms with Crippen molar-refractivity contribution >= 4 is 11.8 Å². The Kier molecular flexibility index (Phi) is 9.10. The summed E-state index contributed by atoms with van der Waals surface area (Å²) in [4.78, 5) is 28.2. The standard InChI is InChI=1S/C24H22F2N6O3.C2H4O2/c1-34-19-11-15(18(26)12-20(19)35-2)16(10-13-5-7-14(8-6-13)21(27)28)22-30-24(33)32(31-22)23-17(25)4-3-9-29-23;1-2(3)4/h3-9,11-12,16H,10H2,1-2H3,(H3,27,28)(H,30,31,33);1H3,(H,3,4). The van der Waals surface area contributed by atoms with E-state index in [0.29, 0.717) is 11.3 Å². The molecule has 0 aliphatic heterocycles. The second-order valence-corrected chi connectivity index (χ2v) is 8.15. The van der Waals surface area contributed by atoms with Gasteiger partial charge in [-0.2, -0.15) is 4.68 Å². The van der Waals surface area contributed by atoms with Gasteiger partial charge in [-0.1, -0.05) is 24.3 Å². The zero-order valence-corrected chi connectivity index (χ0v) is 21.2. The van der Waals surface area contributed by atoms with Gasteiger partial charge in [-0.05, 0) is 30.2 Å². The number of H-pyrrole nitrogens is 1. The van der Waals surface area contributed by atoms with Crippen LogP contribution in [0.2, 0.25) is 0 Å². The number of nitrogens with two attached hydrogens (primary N) is 1. The van der Waals surface area contributed by atoms with Crippen LogP contribution in [0.15, 0.2) is 59.5 Å². The van der Waals surface area contributed by atoms with Gasteiger partial charge in [0.2, 0.25) is 0 Å². The fourth-order valence-corrected chi connectivity index (χ4v) is 3.72. The van der Waals surface area contributed by atoms with Crippen LogP contribution in [0, 0.1) is 17.0 Å². The van der Waals surface area contributed by atoms with Gasteiger partial charge in [0.1, 0.15) is 17.5 Å². The number of halogens is 2. The third kappa shape index (κ3) is 6.83. The summed E-state index contributed by atoms with van der Waals surface area (Å²) < 4.78 is 40.9. The van der Waals surface area contributed by atoms with E-state index in [9.17, 15) is 9.18 Å². The lowest BCUT2D eigenvalue weighted by Crippen LogP contribution is -2.18. The lowest BCUT2D eigenvalue weighted by atomic mass is 9.90. The number of carboxylic acid groups (broad SMARTS) is 1. The molecule has 13 heteroatoms. The second-order valence-electron chi connectivity index (χ2n) is 8.15. The molecular formula is C26H26F2N6O5. The smallest absolute Gasteiger partial charge is 0.349 e. The Morgan fingerprint density at radius 1 is 1.13 bits per heavy atom. The van der Waals surface area contributed by atoms with Crippen molar-refractivity contribution in [3.8, 4) is 17.3 Å². The number of rotatable bonds is 8. The van der Waals surface area contributed by atoms with Crippen LogP contribution in [0.3, 0.4) is 0 Å². The molecule has 4 rings (SSSR count). The normalized spacial score (nSPS) is 11.2. The zero-order chi connectivity index (χ0) is 28.7. The lowest BCUT2D eigenvalue weighted by molar-refractivity contribution is -0.134. The molecule has 11 nitrogen and oxygen atoms in total. The van der Waals surface area contributed by atoms with Crippen LogP contribution in [0.1, 0.15) is 35.4 Å². The molecule has 0 fully saturated rings. The van der Waals surface area contributed by atoms with E-state index in [1.165, 1.54) is 38.6 Å². The van der Waals surface area contributed by atoms with Gasteiger partial charge in [-0.15, -0.1) is 5.10 Å². The van der Waals surface area contributed by atoms with E-state index in [2.05, 4.69) is 15.1 Å². The molecule has 4 aromatic rings. The van der Waals surface area contributed by atoms with Crippen LogP contribution >= 0.6 is 0 Å². The van der Waals surface area contributed by atoms with Crippen molar-refractivity contribution in [1.82, 2.24) is 19.7 Å². The number of nitrogens with one attached hydrogen (secondary N) is 2. The number of methoxy groups -OCH3 is 2. The molecule has 0 aliphatic rings. The van der Waals surface area contributed by atoms with E-state index in [-0.39, 0.29) is 35.2 Å². The number of benzene rings is 2. The molecule has 2 aromatic heterocycles. The second kappa shape index (κ2) is 12.4. The Balaban J connectivity index is 0.000000983. The summed E-state index contributed by atoms with van der Waals surface area (Å²) >= 11 is 0. The molecule has 0 bridgehead atoms. The number of amidine groups is 1. The quantitative estimate of drug-likeness (QED) is 0.195. The van der Waals surface area contributed by atoms with E-state index in [1.807, 2.05) is 0 Å². The number of hydrogen-bond acceptors (Lipinski definition) is 7. The molecule has 1 unspecified atom stereocenters. The van der Waals surface area contributed by atoms with E-state index < -0.39 is 29.2 Å². The van der Waals surface area contributed by atoms with Crippen LogP contribution in [-0.4, -0.2) is 50.9 Å². The molecule has 5 N–H and O–H groups in total. The van der Waals surface area contributed by atoms with E-state index in [0.717, 1.165) is 23.2 Å². The first-order valence-corrected chi connectivity index (χ1v) is 11.4. The summed E-state index contributed by atoms with van der Waals surface area (Å²) in [7, 11) is 2.82. The molecule has 0 saturated heterocycles. The summed E-state index contributed by atoms with van der Waals surface area (Å²) in [5, 5.41) is 19.2. The largest absolute Gasteiger partial charge is 0.493 e. The summed E-state index contributed by atoms with van der Waals surface area (Å²) in [6.07, 6.45) is 1.55. The lowest BCUT2D eigenvalue weighted by Gasteiger charge is -2.18. The van der Waals surface area contributed by atoms with Crippen molar-refractivity contribution in [2.24, 2.45) is 5.73 Å². The Hall–Kier alpha value is -5.07. The molecule has 2 aromatic carbocycles. The Morgan fingerprint density at radius 2 is 1.74 bits per heavy atom. The van der Waals surface area contributed by atoms with Gasteiger partial charge in [-0.3, -0.25) is 15.2 Å². The van der Waals surface area contributed by atoms with Crippen molar-refractivity contribution in [2.45, 2.75) is 19.3 Å². The van der Waals surface area contributed by atoms with Crippen LogP contribution in [-0.2, 0) is 11.2 Å². The van der Waals surface area contributed by atoms with Gasteiger partial charge in [-0.25, -0.2) is 18.6 Å². The highest BCUT2D eigenvalue weighted by Crippen LogP contribution is 2.36. The summed E-state index contributed by atoms with van der Waals surface area (Å²) in [6.45, 7) is 1.08. The van der Waals surface area contributed by atoms with Gasteiger partial charge in [0.25, 0.3) is 5.97 Å². The maximum Gasteiger partial charge on any atom is 0.349 e. The van der Waals surface area contributed by atoms with Crippen LogP contribution in [0.5, 0.6) is 11.5 Å². The van der Waals surface area contributed by atoms with Gasteiger partial charge in [0, 0.05) is 30.3 Å². The molecule has 39 heavy (non-hydrogen) atoms. The Bertz CT molecular complexity index is 1530. The molecule has 0 spiro atoms. The predicted octanol–water partition coefficient (Wildman–Crippen LogP) is 3.00. The average molecular weight is 541 g/mol. The summed E-state index contributed by atoms with van der Waals surface area (Å²) in [5.74, 6) is -2.74. The SMILES string of the molecule is CC(=O)O.COc1cc(F)c(C(Cc2ccc(C(=N)N)cc2)c2nn(-c3ncccc3F)c(=O)[nH]2)cc1OC. The summed E-state index contributed by atoms with van der Waals surface area (Å²) in [6, 6.07) is 12.0. The first kappa shape index (κ1) is 28.5. The van der Waals surface area contributed by atoms with E-state index >= 15 is 4.39 Å². The Morgan fingerprint density at radius 3 is 2.31 bits per heavy atom.